The van der Waals surface area contributed by atoms with Gasteiger partial charge in [0.2, 0.25) is 10.0 Å². The fourth-order valence-electron chi connectivity index (χ4n) is 4.32. The number of aromatic hydroxyl groups is 1. The van der Waals surface area contributed by atoms with Crippen molar-refractivity contribution in [2.24, 2.45) is 4.52 Å². The second-order valence-electron chi connectivity index (χ2n) is 9.54. The van der Waals surface area contributed by atoms with Crippen LogP contribution in [0, 0.1) is 0 Å². The Morgan fingerprint density at radius 2 is 1.55 bits per heavy atom. The Kier molecular flexibility index (Phi) is 14.1. The predicted molar refractivity (Wildman–Crippen MR) is 152 cm³/mol. The van der Waals surface area contributed by atoms with Crippen LogP contribution in [-0.4, -0.2) is 38.4 Å². The van der Waals surface area contributed by atoms with Crippen molar-refractivity contribution in [1.29, 1.82) is 0 Å². The van der Waals surface area contributed by atoms with E-state index in [9.17, 15) is 18.3 Å². The zero-order valence-corrected chi connectivity index (χ0v) is 23.2. The number of unbranched alkanes of at least 4 members (excludes halogenated alkanes) is 6. The summed E-state index contributed by atoms with van der Waals surface area (Å²) in [5.41, 5.74) is 12.5. The maximum atomic E-state index is 11.9. The Morgan fingerprint density at radius 3 is 2.29 bits per heavy atom. The van der Waals surface area contributed by atoms with Crippen LogP contribution in [0.2, 0.25) is 0 Å². The Hall–Kier alpha value is -3.23. The fraction of sp³-hybridized carbons (Fsp3) is 0.536. The summed E-state index contributed by atoms with van der Waals surface area (Å²) in [6.07, 6.45) is 11.2. The zero-order valence-electron chi connectivity index (χ0n) is 22.4. The van der Waals surface area contributed by atoms with Gasteiger partial charge in [0, 0.05) is 28.9 Å². The fourth-order valence-corrected chi connectivity index (χ4v) is 4.87. The summed E-state index contributed by atoms with van der Waals surface area (Å²) >= 11 is 0. The Balaban J connectivity index is 1.88. The van der Waals surface area contributed by atoms with E-state index in [1.54, 1.807) is 0 Å². The third-order valence-corrected chi connectivity index (χ3v) is 7.39. The van der Waals surface area contributed by atoms with Gasteiger partial charge in [0.05, 0.1) is 5.75 Å². The summed E-state index contributed by atoms with van der Waals surface area (Å²) in [4.78, 5) is 14.1. The average Bonchev–Trinajstić information content (AvgIpc) is 2.88. The van der Waals surface area contributed by atoms with Crippen molar-refractivity contribution < 1.29 is 18.3 Å². The summed E-state index contributed by atoms with van der Waals surface area (Å²) in [7, 11) is -3.88. The summed E-state index contributed by atoms with van der Waals surface area (Å²) in [5, 5.41) is 16.2. The lowest BCUT2D eigenvalue weighted by atomic mass is 9.93. The highest BCUT2D eigenvalue weighted by Gasteiger charge is 2.12. The zero-order chi connectivity index (χ0) is 27.6. The van der Waals surface area contributed by atoms with Crippen LogP contribution in [0.5, 0.6) is 5.75 Å². The Morgan fingerprint density at radius 1 is 0.895 bits per heavy atom. The number of sulfonamides is 1. The van der Waals surface area contributed by atoms with Crippen molar-refractivity contribution in [3.8, 4) is 5.75 Å². The van der Waals surface area contributed by atoms with Crippen LogP contribution in [0.4, 0.5) is 4.79 Å². The number of urea groups is 1. The molecule has 2 rings (SSSR count). The maximum Gasteiger partial charge on any atom is 0.314 e. The Labute approximate surface area is 226 Å². The van der Waals surface area contributed by atoms with Crippen LogP contribution < -0.4 is 10.6 Å². The van der Waals surface area contributed by atoms with Crippen molar-refractivity contribution in [3.63, 3.8) is 0 Å². The van der Waals surface area contributed by atoms with Crippen molar-refractivity contribution in [1.82, 2.24) is 10.6 Å². The van der Waals surface area contributed by atoms with Gasteiger partial charge in [-0.15, -0.1) is 0 Å². The number of azide groups is 1. The highest BCUT2D eigenvalue weighted by atomic mass is 32.2. The first kappa shape index (κ1) is 31.0. The molecule has 2 aromatic carbocycles. The molecule has 0 radical (unpaired) electrons. The normalized spacial score (nSPS) is 11.1. The SMILES string of the molecule is CCCCCCCCc1cc(CCCCNC(=O)NCCS(=O)(=O)N=[N+]=[N-])cc(Cc2ccccc2)c1O. The van der Waals surface area contributed by atoms with E-state index in [2.05, 4.69) is 51.3 Å². The second-order valence-corrected chi connectivity index (χ2v) is 11.3. The molecule has 3 N–H and O–H groups in total. The lowest BCUT2D eigenvalue weighted by Crippen LogP contribution is -2.38. The molecule has 2 amide bonds. The van der Waals surface area contributed by atoms with Crippen LogP contribution in [0.25, 0.3) is 10.4 Å². The topological polar surface area (TPSA) is 144 Å². The number of nitrogens with zero attached hydrogens (tertiary/aromatic N) is 3. The largest absolute Gasteiger partial charge is 0.507 e. The number of hydrogen-bond donors (Lipinski definition) is 3. The van der Waals surface area contributed by atoms with Crippen LogP contribution in [0.15, 0.2) is 47.0 Å². The van der Waals surface area contributed by atoms with E-state index in [4.69, 9.17) is 5.53 Å². The van der Waals surface area contributed by atoms with Crippen molar-refractivity contribution in [2.45, 2.75) is 77.6 Å². The molecule has 38 heavy (non-hydrogen) atoms. The number of carbonyl (C=O) groups excluding carboxylic acids is 1. The lowest BCUT2D eigenvalue weighted by molar-refractivity contribution is 0.241. The van der Waals surface area contributed by atoms with Gasteiger partial charge in [-0.3, -0.25) is 0 Å². The van der Waals surface area contributed by atoms with Crippen molar-refractivity contribution in [2.75, 3.05) is 18.8 Å². The summed E-state index contributed by atoms with van der Waals surface area (Å²) in [6.45, 7) is 2.54. The highest BCUT2D eigenvalue weighted by molar-refractivity contribution is 7.90. The minimum absolute atomic E-state index is 0.133. The number of phenols is 1. The van der Waals surface area contributed by atoms with Gasteiger partial charge in [-0.1, -0.05) is 81.5 Å². The number of aryl methyl sites for hydroxylation is 2. The van der Waals surface area contributed by atoms with Crippen LogP contribution in [-0.2, 0) is 29.3 Å². The molecule has 208 valence electrons. The third-order valence-electron chi connectivity index (χ3n) is 6.35. The van der Waals surface area contributed by atoms with E-state index in [0.717, 1.165) is 48.8 Å². The minimum atomic E-state index is -3.88. The van der Waals surface area contributed by atoms with Gasteiger partial charge in [-0.05, 0) is 59.9 Å². The molecule has 0 saturated heterocycles. The first-order chi connectivity index (χ1) is 18.3. The molecular formula is C28H41N5O4S. The summed E-state index contributed by atoms with van der Waals surface area (Å²) in [6, 6.07) is 13.9. The van der Waals surface area contributed by atoms with Gasteiger partial charge in [0.1, 0.15) is 5.75 Å². The lowest BCUT2D eigenvalue weighted by Gasteiger charge is -2.14. The number of amides is 2. The number of benzene rings is 2. The van der Waals surface area contributed by atoms with E-state index in [0.29, 0.717) is 18.7 Å². The first-order valence-corrected chi connectivity index (χ1v) is 15.1. The van der Waals surface area contributed by atoms with Gasteiger partial charge in [0.15, 0.2) is 0 Å². The van der Waals surface area contributed by atoms with Crippen molar-refractivity contribution >= 4 is 16.1 Å². The molecular weight excluding hydrogens is 502 g/mol. The number of carbonyl (C=O) groups is 1. The highest BCUT2D eigenvalue weighted by Crippen LogP contribution is 2.29. The standard InChI is InChI=1S/C28H41N5O4S/c1-2-3-4-5-6-10-16-25-21-24(22-26(27(25)34)20-23-13-8-7-9-14-23)15-11-12-17-30-28(35)31-18-19-38(36,37)33-32-29/h7-9,13-14,21-22,34H,2-6,10-12,15-20H2,1H3,(H2,30,31,35). The molecule has 9 nitrogen and oxygen atoms in total. The van der Waals surface area contributed by atoms with Gasteiger partial charge < -0.3 is 15.7 Å². The average molecular weight is 544 g/mol. The molecule has 0 fully saturated rings. The molecule has 0 unspecified atom stereocenters. The molecule has 10 heteroatoms. The maximum absolute atomic E-state index is 11.9. The third kappa shape index (κ3) is 12.3. The number of nitrogens with one attached hydrogen (secondary N) is 2. The molecule has 2 aromatic rings. The number of phenolic OH excluding ortho intramolecular Hbond substituents is 1. The molecule has 0 atom stereocenters. The first-order valence-electron chi connectivity index (χ1n) is 13.5. The molecule has 0 aliphatic rings. The van der Waals surface area contributed by atoms with Gasteiger partial charge in [-0.25, -0.2) is 13.2 Å². The van der Waals surface area contributed by atoms with E-state index in [1.807, 2.05) is 18.2 Å². The summed E-state index contributed by atoms with van der Waals surface area (Å²) in [5.74, 6) is -0.0375. The number of hydrogen-bond acceptors (Lipinski definition) is 4. The monoisotopic (exact) mass is 543 g/mol. The number of rotatable bonds is 18. The van der Waals surface area contributed by atoms with E-state index in [-0.39, 0.29) is 6.54 Å². The molecule has 0 heterocycles. The van der Waals surface area contributed by atoms with Gasteiger partial charge in [-0.2, -0.15) is 0 Å². The van der Waals surface area contributed by atoms with Crippen molar-refractivity contribution in [3.05, 3.63) is 75.2 Å². The molecule has 0 bridgehead atoms. The minimum Gasteiger partial charge on any atom is -0.507 e. The molecule has 0 saturated carbocycles. The molecule has 0 aromatic heterocycles. The molecule has 0 spiro atoms. The molecule has 0 aliphatic carbocycles. The predicted octanol–water partition coefficient (Wildman–Crippen LogP) is 6.15. The molecule has 0 aliphatic heterocycles. The van der Waals surface area contributed by atoms with Gasteiger partial charge in [0.25, 0.3) is 0 Å². The van der Waals surface area contributed by atoms with Crippen LogP contribution >= 0.6 is 0 Å². The van der Waals surface area contributed by atoms with Gasteiger partial charge >= 0.3 is 6.03 Å². The Bertz CT molecular complexity index is 1150. The summed E-state index contributed by atoms with van der Waals surface area (Å²) < 4.78 is 25.3. The van der Waals surface area contributed by atoms with E-state index >= 15 is 0 Å². The van der Waals surface area contributed by atoms with Crippen LogP contribution in [0.1, 0.15) is 80.5 Å². The van der Waals surface area contributed by atoms with E-state index < -0.39 is 21.8 Å². The quantitative estimate of drug-likeness (QED) is 0.0896. The second kappa shape index (κ2) is 17.3. The van der Waals surface area contributed by atoms with E-state index in [1.165, 1.54) is 37.7 Å². The van der Waals surface area contributed by atoms with Crippen LogP contribution in [0.3, 0.4) is 0 Å². The smallest absolute Gasteiger partial charge is 0.314 e.